The number of hydrogen-bond donors (Lipinski definition) is 2. The lowest BCUT2D eigenvalue weighted by molar-refractivity contribution is 0.198. The minimum absolute atomic E-state index is 0.0661. The number of β-amino-alcohol motifs (C(OH)–C–C–N with tert-alkyl or cyclic N) is 1. The maximum absolute atomic E-state index is 9.24. The maximum Gasteiger partial charge on any atom is 0.223 e. The molecule has 12 heavy (non-hydrogen) atoms. The minimum Gasteiger partial charge on any atom is -0.493 e. The molecule has 1 fully saturated rings. The van der Waals surface area contributed by atoms with Crippen LogP contribution in [0.1, 0.15) is 6.42 Å². The minimum atomic E-state index is -0.240. The van der Waals surface area contributed by atoms with Gasteiger partial charge < -0.3 is 15.1 Å². The number of rotatable bonds is 1. The summed E-state index contributed by atoms with van der Waals surface area (Å²) in [6.07, 6.45) is 0.552. The molecular weight excluding hydrogens is 176 g/mol. The van der Waals surface area contributed by atoms with Crippen LogP contribution in [0.5, 0.6) is 5.88 Å². The van der Waals surface area contributed by atoms with Gasteiger partial charge in [-0.15, -0.1) is 11.3 Å². The lowest BCUT2D eigenvalue weighted by Gasteiger charge is -2.12. The van der Waals surface area contributed by atoms with Crippen molar-refractivity contribution in [2.45, 2.75) is 12.5 Å². The number of nitrogens with zero attached hydrogens (tertiary/aromatic N) is 2. The zero-order valence-corrected chi connectivity index (χ0v) is 7.29. The average Bonchev–Trinajstić information content (AvgIpc) is 2.58. The second kappa shape index (κ2) is 2.91. The van der Waals surface area contributed by atoms with Gasteiger partial charge in [0, 0.05) is 13.1 Å². The molecule has 1 atom stereocenters. The molecule has 0 amide bonds. The molecule has 1 aromatic rings. The van der Waals surface area contributed by atoms with E-state index in [9.17, 15) is 5.11 Å². The van der Waals surface area contributed by atoms with Gasteiger partial charge >= 0.3 is 0 Å². The smallest absolute Gasteiger partial charge is 0.223 e. The SMILES string of the molecule is Oc1csc(N2CCC(O)C2)n1. The average molecular weight is 186 g/mol. The summed E-state index contributed by atoms with van der Waals surface area (Å²) in [7, 11) is 0. The first-order valence-corrected chi connectivity index (χ1v) is 4.71. The number of thiazole rings is 1. The molecule has 1 aliphatic heterocycles. The highest BCUT2D eigenvalue weighted by atomic mass is 32.1. The Kier molecular flexibility index (Phi) is 1.90. The lowest BCUT2D eigenvalue weighted by atomic mass is 10.3. The van der Waals surface area contributed by atoms with Crippen molar-refractivity contribution in [1.82, 2.24) is 4.98 Å². The van der Waals surface area contributed by atoms with Crippen molar-refractivity contribution in [2.75, 3.05) is 18.0 Å². The molecule has 2 heterocycles. The van der Waals surface area contributed by atoms with Gasteiger partial charge in [0.25, 0.3) is 0 Å². The predicted octanol–water partition coefficient (Wildman–Crippen LogP) is 0.420. The van der Waals surface area contributed by atoms with Crippen LogP contribution in [0.3, 0.4) is 0 Å². The van der Waals surface area contributed by atoms with Crippen LogP contribution in [0.15, 0.2) is 5.38 Å². The summed E-state index contributed by atoms with van der Waals surface area (Å²) in [6.45, 7) is 1.46. The summed E-state index contributed by atoms with van der Waals surface area (Å²) in [6, 6.07) is 0. The van der Waals surface area contributed by atoms with Crippen molar-refractivity contribution >= 4 is 16.5 Å². The highest BCUT2D eigenvalue weighted by molar-refractivity contribution is 7.13. The van der Waals surface area contributed by atoms with E-state index in [0.29, 0.717) is 6.54 Å². The molecule has 1 aliphatic rings. The maximum atomic E-state index is 9.24. The highest BCUT2D eigenvalue weighted by Crippen LogP contribution is 2.26. The van der Waals surface area contributed by atoms with Crippen LogP contribution in [0.2, 0.25) is 0 Å². The van der Waals surface area contributed by atoms with Crippen molar-refractivity contribution in [2.24, 2.45) is 0 Å². The molecule has 5 heteroatoms. The summed E-state index contributed by atoms with van der Waals surface area (Å²) in [5, 5.41) is 20.6. The molecule has 66 valence electrons. The summed E-state index contributed by atoms with van der Waals surface area (Å²) >= 11 is 1.40. The quantitative estimate of drug-likeness (QED) is 0.667. The zero-order valence-electron chi connectivity index (χ0n) is 6.47. The molecule has 0 bridgehead atoms. The Balaban J connectivity index is 2.11. The zero-order chi connectivity index (χ0) is 8.55. The van der Waals surface area contributed by atoms with Crippen molar-refractivity contribution < 1.29 is 10.2 Å². The Bertz CT molecular complexity index is 276. The van der Waals surface area contributed by atoms with Crippen LogP contribution < -0.4 is 4.90 Å². The number of aliphatic hydroxyl groups excluding tert-OH is 1. The first-order chi connectivity index (χ1) is 5.75. The molecule has 1 aromatic heterocycles. The number of hydrogen-bond acceptors (Lipinski definition) is 5. The van der Waals surface area contributed by atoms with E-state index in [1.165, 1.54) is 11.3 Å². The van der Waals surface area contributed by atoms with Crippen LogP contribution in [-0.2, 0) is 0 Å². The van der Waals surface area contributed by atoms with Gasteiger partial charge in [-0.1, -0.05) is 0 Å². The largest absolute Gasteiger partial charge is 0.493 e. The summed E-state index contributed by atoms with van der Waals surface area (Å²) < 4.78 is 0. The van der Waals surface area contributed by atoms with E-state index >= 15 is 0 Å². The number of aromatic hydroxyl groups is 1. The molecule has 4 nitrogen and oxygen atoms in total. The molecule has 2 N–H and O–H groups in total. The normalized spacial score (nSPS) is 23.4. The fraction of sp³-hybridized carbons (Fsp3) is 0.571. The number of aromatic nitrogens is 1. The van der Waals surface area contributed by atoms with Crippen LogP contribution in [-0.4, -0.2) is 34.4 Å². The third kappa shape index (κ3) is 1.37. The molecule has 0 aliphatic carbocycles. The van der Waals surface area contributed by atoms with E-state index < -0.39 is 0 Å². The van der Waals surface area contributed by atoms with Gasteiger partial charge in [0.2, 0.25) is 5.88 Å². The van der Waals surface area contributed by atoms with Gasteiger partial charge in [0.15, 0.2) is 5.13 Å². The molecule has 0 radical (unpaired) electrons. The molecular formula is C7H10N2O2S. The van der Waals surface area contributed by atoms with E-state index in [4.69, 9.17) is 5.11 Å². The molecule has 0 spiro atoms. The first kappa shape index (κ1) is 7.82. The third-order valence-corrected chi connectivity index (χ3v) is 2.80. The lowest BCUT2D eigenvalue weighted by Crippen LogP contribution is -2.20. The topological polar surface area (TPSA) is 56.6 Å². The van der Waals surface area contributed by atoms with Crippen molar-refractivity contribution in [3.05, 3.63) is 5.38 Å². The number of anilines is 1. The molecule has 0 aromatic carbocycles. The Morgan fingerprint density at radius 3 is 3.00 bits per heavy atom. The second-order valence-corrected chi connectivity index (χ2v) is 3.71. The predicted molar refractivity (Wildman–Crippen MR) is 46.6 cm³/mol. The van der Waals surface area contributed by atoms with E-state index in [-0.39, 0.29) is 12.0 Å². The van der Waals surface area contributed by atoms with Crippen LogP contribution in [0, 0.1) is 0 Å². The summed E-state index contributed by atoms with van der Waals surface area (Å²) in [4.78, 5) is 5.90. The molecule has 1 saturated heterocycles. The molecule has 2 rings (SSSR count). The standard InChI is InChI=1S/C7H10N2O2S/c10-5-1-2-9(3-5)7-8-6(11)4-12-7/h4-5,10-11H,1-3H2. The van der Waals surface area contributed by atoms with E-state index in [0.717, 1.165) is 18.1 Å². The Morgan fingerprint density at radius 1 is 1.67 bits per heavy atom. The Labute approximate surface area is 74.1 Å². The molecule has 1 unspecified atom stereocenters. The molecule has 0 saturated carbocycles. The monoisotopic (exact) mass is 186 g/mol. The van der Waals surface area contributed by atoms with Gasteiger partial charge in [0.1, 0.15) is 0 Å². The van der Waals surface area contributed by atoms with Crippen molar-refractivity contribution in [1.29, 1.82) is 0 Å². The van der Waals surface area contributed by atoms with Crippen LogP contribution in [0.25, 0.3) is 0 Å². The van der Waals surface area contributed by atoms with Gasteiger partial charge in [-0.05, 0) is 6.42 Å². The van der Waals surface area contributed by atoms with Crippen molar-refractivity contribution in [3.63, 3.8) is 0 Å². The Hall–Kier alpha value is -0.810. The Morgan fingerprint density at radius 2 is 2.50 bits per heavy atom. The van der Waals surface area contributed by atoms with Gasteiger partial charge in [-0.2, -0.15) is 4.98 Å². The summed E-state index contributed by atoms with van der Waals surface area (Å²) in [5.41, 5.74) is 0. The third-order valence-electron chi connectivity index (χ3n) is 1.91. The van der Waals surface area contributed by atoms with Gasteiger partial charge in [0.05, 0.1) is 11.5 Å². The van der Waals surface area contributed by atoms with Gasteiger partial charge in [-0.25, -0.2) is 0 Å². The first-order valence-electron chi connectivity index (χ1n) is 3.83. The van der Waals surface area contributed by atoms with Gasteiger partial charge in [-0.3, -0.25) is 0 Å². The van der Waals surface area contributed by atoms with Crippen LogP contribution in [0.4, 0.5) is 5.13 Å². The fourth-order valence-corrected chi connectivity index (χ4v) is 2.04. The highest BCUT2D eigenvalue weighted by Gasteiger charge is 2.22. The van der Waals surface area contributed by atoms with E-state index in [2.05, 4.69) is 4.98 Å². The van der Waals surface area contributed by atoms with Crippen molar-refractivity contribution in [3.8, 4) is 5.88 Å². The van der Waals surface area contributed by atoms with Crippen LogP contribution >= 0.6 is 11.3 Å². The summed E-state index contributed by atoms with van der Waals surface area (Å²) in [5.74, 6) is 0.0661. The fourth-order valence-electron chi connectivity index (χ4n) is 1.32. The van der Waals surface area contributed by atoms with E-state index in [1.54, 1.807) is 5.38 Å². The number of aliphatic hydroxyl groups is 1. The second-order valence-electron chi connectivity index (χ2n) is 2.88. The van der Waals surface area contributed by atoms with E-state index in [1.807, 2.05) is 4.90 Å².